The minimum absolute atomic E-state index is 0.102. The fourth-order valence-electron chi connectivity index (χ4n) is 9.61. The van der Waals surface area contributed by atoms with E-state index in [-0.39, 0.29) is 11.3 Å². The van der Waals surface area contributed by atoms with Crippen molar-refractivity contribution < 1.29 is 0 Å². The number of rotatable bonds is 3. The zero-order valence-electron chi connectivity index (χ0n) is 28.9. The molecule has 0 spiro atoms. The van der Waals surface area contributed by atoms with E-state index >= 15 is 0 Å². The fraction of sp³-hybridized carbons (Fsp3) is 0.0980. The van der Waals surface area contributed by atoms with Gasteiger partial charge >= 0.3 is 0 Å². The zero-order valence-corrected chi connectivity index (χ0v) is 28.9. The van der Waals surface area contributed by atoms with Crippen LogP contribution in [-0.4, -0.2) is 0 Å². The summed E-state index contributed by atoms with van der Waals surface area (Å²) in [7, 11) is 0. The molecule has 0 heteroatoms. The van der Waals surface area contributed by atoms with Gasteiger partial charge in [-0.2, -0.15) is 0 Å². The zero-order chi connectivity index (χ0) is 33.8. The molecular weight excluding hydrogens is 613 g/mol. The molecule has 3 aliphatic carbocycles. The van der Waals surface area contributed by atoms with Crippen LogP contribution in [0.5, 0.6) is 0 Å². The van der Waals surface area contributed by atoms with Gasteiger partial charge in [0.1, 0.15) is 0 Å². The Bertz CT molecular complexity index is 2740. The van der Waals surface area contributed by atoms with E-state index in [1.54, 1.807) is 0 Å². The lowest BCUT2D eigenvalue weighted by atomic mass is 9.79. The van der Waals surface area contributed by atoms with Gasteiger partial charge in [0.2, 0.25) is 0 Å². The van der Waals surface area contributed by atoms with Crippen molar-refractivity contribution >= 4 is 10.8 Å². The Morgan fingerprint density at radius 1 is 0.431 bits per heavy atom. The summed E-state index contributed by atoms with van der Waals surface area (Å²) in [6, 6.07) is 62.0. The lowest BCUT2D eigenvalue weighted by Crippen LogP contribution is -2.15. The van der Waals surface area contributed by atoms with Crippen molar-refractivity contribution in [1.82, 2.24) is 0 Å². The number of fused-ring (bicyclic) bond motifs is 11. The van der Waals surface area contributed by atoms with Gasteiger partial charge in [0, 0.05) is 11.3 Å². The van der Waals surface area contributed by atoms with Crippen molar-refractivity contribution in [1.29, 1.82) is 0 Å². The highest BCUT2D eigenvalue weighted by atomic mass is 14.4. The van der Waals surface area contributed by atoms with Crippen molar-refractivity contribution in [2.24, 2.45) is 0 Å². The quantitative estimate of drug-likeness (QED) is 0.179. The van der Waals surface area contributed by atoms with Gasteiger partial charge in [-0.15, -0.1) is 0 Å². The van der Waals surface area contributed by atoms with Crippen LogP contribution in [0.15, 0.2) is 164 Å². The molecule has 0 N–H and O–H groups in total. The van der Waals surface area contributed by atoms with Crippen LogP contribution in [0, 0.1) is 0 Å². The van der Waals surface area contributed by atoms with Crippen molar-refractivity contribution in [3.8, 4) is 55.6 Å². The van der Waals surface area contributed by atoms with Gasteiger partial charge in [0.15, 0.2) is 0 Å². The molecule has 1 unspecified atom stereocenters. The summed E-state index contributed by atoms with van der Waals surface area (Å²) in [5.74, 6) is 0.172. The highest BCUT2D eigenvalue weighted by Gasteiger charge is 2.38. The second-order valence-corrected chi connectivity index (χ2v) is 15.2. The molecule has 0 heterocycles. The highest BCUT2D eigenvalue weighted by Crippen LogP contribution is 2.55. The molecule has 0 fully saturated rings. The van der Waals surface area contributed by atoms with E-state index in [4.69, 9.17) is 0 Å². The van der Waals surface area contributed by atoms with Gasteiger partial charge in [0.05, 0.1) is 0 Å². The highest BCUT2D eigenvalue weighted by molar-refractivity contribution is 6.03. The summed E-state index contributed by atoms with van der Waals surface area (Å²) >= 11 is 0. The summed E-state index contributed by atoms with van der Waals surface area (Å²) in [5, 5.41) is 2.63. The molecule has 240 valence electrons. The van der Waals surface area contributed by atoms with Crippen LogP contribution in [-0.2, 0) is 11.8 Å². The molecule has 8 aromatic carbocycles. The standard InChI is InChI=1S/C51H36/c1-51(2)47-29-35(31-10-4-3-5-11-31)19-22-41(47)42-23-21-38(30-48(42)51)49-43-24-20-34(28-46(43)50-40-15-9-6-12-32(40)18-25-44(49)50)33-16-17-37-26-36-13-7-8-14-39(36)45(37)27-33/h3-25,27-30,49H,26H2,1-2H3. The van der Waals surface area contributed by atoms with E-state index in [0.717, 1.165) is 6.42 Å². The molecule has 0 nitrogen and oxygen atoms in total. The van der Waals surface area contributed by atoms with E-state index in [1.165, 1.54) is 105 Å². The lowest BCUT2D eigenvalue weighted by Gasteiger charge is -2.24. The first kappa shape index (κ1) is 28.8. The SMILES string of the molecule is CC1(C)c2cc(-c3ccccc3)ccc2-c2ccc(C3c4ccc(-c5ccc6c(c5)-c5ccccc5C6)cc4-c4c3ccc3ccccc43)cc21. The van der Waals surface area contributed by atoms with E-state index in [0.29, 0.717) is 0 Å². The van der Waals surface area contributed by atoms with Crippen LogP contribution in [0.25, 0.3) is 66.4 Å². The van der Waals surface area contributed by atoms with E-state index in [2.05, 4.69) is 178 Å². The Morgan fingerprint density at radius 2 is 1.08 bits per heavy atom. The Morgan fingerprint density at radius 3 is 1.96 bits per heavy atom. The maximum absolute atomic E-state index is 2.53. The topological polar surface area (TPSA) is 0 Å². The summed E-state index contributed by atoms with van der Waals surface area (Å²) in [4.78, 5) is 0. The Labute approximate surface area is 299 Å². The third-order valence-corrected chi connectivity index (χ3v) is 12.2. The second kappa shape index (κ2) is 10.5. The van der Waals surface area contributed by atoms with Gasteiger partial charge in [-0.3, -0.25) is 0 Å². The fourth-order valence-corrected chi connectivity index (χ4v) is 9.61. The van der Waals surface area contributed by atoms with Crippen LogP contribution in [0.1, 0.15) is 58.7 Å². The molecule has 51 heavy (non-hydrogen) atoms. The smallest absolute Gasteiger partial charge is 0.0352 e. The van der Waals surface area contributed by atoms with Crippen LogP contribution in [0.3, 0.4) is 0 Å². The summed E-state index contributed by atoms with van der Waals surface area (Å²) in [6.07, 6.45) is 1.02. The maximum atomic E-state index is 2.53. The van der Waals surface area contributed by atoms with Gasteiger partial charge < -0.3 is 0 Å². The van der Waals surface area contributed by atoms with E-state index in [1.807, 2.05) is 0 Å². The minimum atomic E-state index is -0.102. The maximum Gasteiger partial charge on any atom is 0.0352 e. The molecule has 3 aliphatic rings. The van der Waals surface area contributed by atoms with Crippen molar-refractivity contribution in [3.63, 3.8) is 0 Å². The van der Waals surface area contributed by atoms with E-state index < -0.39 is 0 Å². The third kappa shape index (κ3) is 4.14. The summed E-state index contributed by atoms with van der Waals surface area (Å²) < 4.78 is 0. The molecule has 0 aromatic heterocycles. The van der Waals surface area contributed by atoms with Crippen LogP contribution in [0.2, 0.25) is 0 Å². The average molecular weight is 649 g/mol. The first-order valence-corrected chi connectivity index (χ1v) is 18.3. The second-order valence-electron chi connectivity index (χ2n) is 15.2. The Balaban J connectivity index is 1.06. The van der Waals surface area contributed by atoms with Crippen LogP contribution >= 0.6 is 0 Å². The van der Waals surface area contributed by atoms with Crippen LogP contribution in [0.4, 0.5) is 0 Å². The van der Waals surface area contributed by atoms with Crippen molar-refractivity contribution in [3.05, 3.63) is 203 Å². The number of hydrogen-bond donors (Lipinski definition) is 0. The molecule has 8 aromatic rings. The van der Waals surface area contributed by atoms with Gasteiger partial charge in [-0.1, -0.05) is 159 Å². The largest absolute Gasteiger partial charge is 0.0622 e. The summed E-state index contributed by atoms with van der Waals surface area (Å²) in [6.45, 7) is 4.81. The minimum Gasteiger partial charge on any atom is -0.0622 e. The third-order valence-electron chi connectivity index (χ3n) is 12.2. The lowest BCUT2D eigenvalue weighted by molar-refractivity contribution is 0.659. The number of hydrogen-bond acceptors (Lipinski definition) is 0. The molecule has 1 atom stereocenters. The predicted molar refractivity (Wildman–Crippen MR) is 213 cm³/mol. The Kier molecular flexibility index (Phi) is 5.94. The molecule has 0 saturated carbocycles. The first-order chi connectivity index (χ1) is 25.0. The van der Waals surface area contributed by atoms with Gasteiger partial charge in [-0.05, 0) is 130 Å². The molecule has 0 amide bonds. The summed E-state index contributed by atoms with van der Waals surface area (Å²) in [5.41, 5.74) is 23.1. The van der Waals surface area contributed by atoms with Crippen molar-refractivity contribution in [2.75, 3.05) is 0 Å². The normalized spacial score (nSPS) is 15.5. The van der Waals surface area contributed by atoms with Crippen molar-refractivity contribution in [2.45, 2.75) is 31.6 Å². The monoisotopic (exact) mass is 648 g/mol. The average Bonchev–Trinajstić information content (AvgIpc) is 3.80. The molecule has 0 radical (unpaired) electrons. The number of benzene rings is 8. The Hall–Kier alpha value is -5.98. The van der Waals surface area contributed by atoms with Crippen LogP contribution < -0.4 is 0 Å². The molecular formula is C51H36. The van der Waals surface area contributed by atoms with Gasteiger partial charge in [0.25, 0.3) is 0 Å². The molecule has 0 bridgehead atoms. The first-order valence-electron chi connectivity index (χ1n) is 18.3. The molecule has 0 saturated heterocycles. The molecule has 0 aliphatic heterocycles. The molecule has 11 rings (SSSR count). The van der Waals surface area contributed by atoms with Gasteiger partial charge in [-0.25, -0.2) is 0 Å². The predicted octanol–water partition coefficient (Wildman–Crippen LogP) is 13.2. The van der Waals surface area contributed by atoms with E-state index in [9.17, 15) is 0 Å².